The highest BCUT2D eigenvalue weighted by Crippen LogP contribution is 2.33. The van der Waals surface area contributed by atoms with Gasteiger partial charge in [0.1, 0.15) is 10.7 Å². The third-order valence-electron chi connectivity index (χ3n) is 3.64. The Bertz CT molecular complexity index is 651. The molecule has 0 aliphatic carbocycles. The Morgan fingerprint density at radius 1 is 1.08 bits per heavy atom. The van der Waals surface area contributed by atoms with E-state index < -0.39 is 34.0 Å². The Morgan fingerprint density at radius 2 is 1.58 bits per heavy atom. The maximum Gasteiger partial charge on any atom is 0.225 e. The molecule has 0 spiro atoms. The number of hydrogen-bond donors (Lipinski definition) is 1. The highest BCUT2D eigenvalue weighted by Gasteiger charge is 2.30. The maximum atomic E-state index is 14.0. The molecule has 132 valence electrons. The van der Waals surface area contributed by atoms with Crippen molar-refractivity contribution < 1.29 is 22.4 Å². The molecular weight excluding hydrogens is 370 g/mol. The third kappa shape index (κ3) is 3.56. The van der Waals surface area contributed by atoms with Gasteiger partial charge in [-0.2, -0.15) is 0 Å². The summed E-state index contributed by atoms with van der Waals surface area (Å²) in [5.74, 6) is -6.57. The number of anilines is 1. The smallest absolute Gasteiger partial charge is 0.225 e. The van der Waals surface area contributed by atoms with Gasteiger partial charge in [0.2, 0.25) is 5.91 Å². The number of thiocarbonyl (C=S) groups is 1. The Morgan fingerprint density at radius 3 is 2.04 bits per heavy atom. The summed E-state index contributed by atoms with van der Waals surface area (Å²) >= 11 is 10.3. The topological polar surface area (TPSA) is 35.6 Å². The summed E-state index contributed by atoms with van der Waals surface area (Å²) in [4.78, 5) is 14.1. The summed E-state index contributed by atoms with van der Waals surface area (Å²) in [6.07, 6.45) is 0.264. The molecule has 1 heterocycles. The molecular formula is C14H14ClF4N3OS. The quantitative estimate of drug-likeness (QED) is 0.369. The molecule has 1 saturated heterocycles. The zero-order valence-corrected chi connectivity index (χ0v) is 14.2. The van der Waals surface area contributed by atoms with Gasteiger partial charge in [-0.15, -0.1) is 0 Å². The van der Waals surface area contributed by atoms with Gasteiger partial charge in [0.15, 0.2) is 28.4 Å². The standard InChI is InChI=1S/C14H14ClF4N3OS/c1-2-7(23)20-14(24)22-5-3-21(4-6-22)13-11(18)9(16)8(15)10(17)12(13)19/h2-6H2,1H3,(H,20,23,24). The molecule has 0 aromatic heterocycles. The molecule has 1 aromatic carbocycles. The number of piperazine rings is 1. The highest BCUT2D eigenvalue weighted by atomic mass is 35.5. The van der Waals surface area contributed by atoms with Crippen molar-refractivity contribution in [3.63, 3.8) is 0 Å². The van der Waals surface area contributed by atoms with Gasteiger partial charge in [-0.05, 0) is 12.2 Å². The SMILES string of the molecule is CCC(=O)NC(=S)N1CCN(c2c(F)c(F)c(Cl)c(F)c2F)CC1. The first-order valence-corrected chi connectivity index (χ1v) is 7.91. The van der Waals surface area contributed by atoms with Crippen molar-refractivity contribution in [1.82, 2.24) is 10.2 Å². The molecule has 0 saturated carbocycles. The first-order chi connectivity index (χ1) is 11.3. The highest BCUT2D eigenvalue weighted by molar-refractivity contribution is 7.80. The predicted octanol–water partition coefficient (Wildman–Crippen LogP) is 2.83. The molecule has 0 atom stereocenters. The molecule has 10 heteroatoms. The predicted molar refractivity (Wildman–Crippen MR) is 86.1 cm³/mol. The zero-order valence-electron chi connectivity index (χ0n) is 12.6. The monoisotopic (exact) mass is 383 g/mol. The lowest BCUT2D eigenvalue weighted by Crippen LogP contribution is -2.53. The lowest BCUT2D eigenvalue weighted by molar-refractivity contribution is -0.119. The second-order valence-corrected chi connectivity index (χ2v) is 5.86. The van der Waals surface area contributed by atoms with E-state index in [9.17, 15) is 22.4 Å². The summed E-state index contributed by atoms with van der Waals surface area (Å²) in [6.45, 7) is 2.26. The van der Waals surface area contributed by atoms with E-state index in [2.05, 4.69) is 5.32 Å². The van der Waals surface area contributed by atoms with Gasteiger partial charge >= 0.3 is 0 Å². The fourth-order valence-electron chi connectivity index (χ4n) is 2.29. The summed E-state index contributed by atoms with van der Waals surface area (Å²) in [6, 6.07) is 0. The van der Waals surface area contributed by atoms with Crippen LogP contribution in [0.5, 0.6) is 0 Å². The van der Waals surface area contributed by atoms with Crippen LogP contribution >= 0.6 is 23.8 Å². The van der Waals surface area contributed by atoms with E-state index in [1.54, 1.807) is 11.8 Å². The van der Waals surface area contributed by atoms with E-state index in [1.165, 1.54) is 4.90 Å². The molecule has 1 aromatic rings. The van der Waals surface area contributed by atoms with Crippen LogP contribution in [-0.2, 0) is 4.79 Å². The fraction of sp³-hybridized carbons (Fsp3) is 0.429. The van der Waals surface area contributed by atoms with Gasteiger partial charge < -0.3 is 15.1 Å². The van der Waals surface area contributed by atoms with E-state index in [0.717, 1.165) is 0 Å². The van der Waals surface area contributed by atoms with Crippen LogP contribution in [0.3, 0.4) is 0 Å². The van der Waals surface area contributed by atoms with Crippen molar-refractivity contribution in [2.75, 3.05) is 31.1 Å². The number of nitrogens with one attached hydrogen (secondary N) is 1. The second kappa shape index (κ2) is 7.52. The minimum absolute atomic E-state index is 0.0660. The van der Waals surface area contributed by atoms with Gasteiger partial charge in [-0.3, -0.25) is 4.79 Å². The van der Waals surface area contributed by atoms with Crippen LogP contribution in [0, 0.1) is 23.3 Å². The largest absolute Gasteiger partial charge is 0.363 e. The number of rotatable bonds is 2. The normalized spacial score (nSPS) is 14.8. The summed E-state index contributed by atoms with van der Waals surface area (Å²) in [7, 11) is 0. The molecule has 1 fully saturated rings. The third-order valence-corrected chi connectivity index (χ3v) is 4.33. The van der Waals surface area contributed by atoms with E-state index in [4.69, 9.17) is 23.8 Å². The van der Waals surface area contributed by atoms with Crippen LogP contribution in [0.4, 0.5) is 23.2 Å². The van der Waals surface area contributed by atoms with Crippen molar-refractivity contribution in [3.8, 4) is 0 Å². The number of carbonyl (C=O) groups is 1. The summed E-state index contributed by atoms with van der Waals surface area (Å²) < 4.78 is 55.0. The number of halogens is 5. The number of benzene rings is 1. The first kappa shape index (κ1) is 18.7. The van der Waals surface area contributed by atoms with Crippen LogP contribution in [0.25, 0.3) is 0 Å². The van der Waals surface area contributed by atoms with Crippen molar-refractivity contribution in [2.24, 2.45) is 0 Å². The Balaban J connectivity index is 2.13. The molecule has 0 radical (unpaired) electrons. The van der Waals surface area contributed by atoms with Crippen molar-refractivity contribution in [3.05, 3.63) is 28.3 Å². The minimum atomic E-state index is -1.63. The van der Waals surface area contributed by atoms with E-state index >= 15 is 0 Å². The average molecular weight is 384 g/mol. The molecule has 4 nitrogen and oxygen atoms in total. The van der Waals surface area contributed by atoms with Crippen LogP contribution in [0.2, 0.25) is 5.02 Å². The van der Waals surface area contributed by atoms with E-state index in [-0.39, 0.29) is 43.6 Å². The Kier molecular flexibility index (Phi) is 5.87. The molecule has 1 amide bonds. The minimum Gasteiger partial charge on any atom is -0.363 e. The molecule has 0 unspecified atom stereocenters. The van der Waals surface area contributed by atoms with Gasteiger partial charge in [-0.25, -0.2) is 17.6 Å². The summed E-state index contributed by atoms with van der Waals surface area (Å²) in [5.41, 5.74) is -0.794. The van der Waals surface area contributed by atoms with Crippen molar-refractivity contribution in [2.45, 2.75) is 13.3 Å². The van der Waals surface area contributed by atoms with Crippen LogP contribution in [-0.4, -0.2) is 42.1 Å². The van der Waals surface area contributed by atoms with Gasteiger partial charge in [-0.1, -0.05) is 18.5 Å². The lowest BCUT2D eigenvalue weighted by atomic mass is 10.2. The average Bonchev–Trinajstić information content (AvgIpc) is 2.58. The second-order valence-electron chi connectivity index (χ2n) is 5.10. The van der Waals surface area contributed by atoms with Crippen LogP contribution in [0.1, 0.15) is 13.3 Å². The first-order valence-electron chi connectivity index (χ1n) is 7.13. The molecule has 1 aliphatic heterocycles. The van der Waals surface area contributed by atoms with Crippen molar-refractivity contribution >= 4 is 40.5 Å². The number of nitrogens with zero attached hydrogens (tertiary/aromatic N) is 2. The van der Waals surface area contributed by atoms with E-state index in [1.807, 2.05) is 0 Å². The fourth-order valence-corrected chi connectivity index (χ4v) is 2.75. The zero-order chi connectivity index (χ0) is 18.0. The maximum absolute atomic E-state index is 14.0. The molecule has 1 N–H and O–H groups in total. The Hall–Kier alpha value is -1.61. The number of carbonyl (C=O) groups excluding carboxylic acids is 1. The summed E-state index contributed by atoms with van der Waals surface area (Å²) in [5, 5.41) is 1.51. The number of amides is 1. The number of hydrogen-bond acceptors (Lipinski definition) is 3. The van der Waals surface area contributed by atoms with Crippen LogP contribution in [0.15, 0.2) is 0 Å². The molecule has 24 heavy (non-hydrogen) atoms. The van der Waals surface area contributed by atoms with Crippen molar-refractivity contribution in [1.29, 1.82) is 0 Å². The molecule has 2 rings (SSSR count). The van der Waals surface area contributed by atoms with Gasteiger partial charge in [0.25, 0.3) is 0 Å². The van der Waals surface area contributed by atoms with Crippen LogP contribution < -0.4 is 10.2 Å². The lowest BCUT2D eigenvalue weighted by Gasteiger charge is -2.37. The Labute approximate surface area is 146 Å². The van der Waals surface area contributed by atoms with Gasteiger partial charge in [0.05, 0.1) is 0 Å². The molecule has 0 bridgehead atoms. The van der Waals surface area contributed by atoms with Gasteiger partial charge in [0, 0.05) is 32.6 Å². The van der Waals surface area contributed by atoms with E-state index in [0.29, 0.717) is 0 Å². The molecule has 1 aliphatic rings.